The van der Waals surface area contributed by atoms with Gasteiger partial charge >= 0.3 is 5.16 Å². The van der Waals surface area contributed by atoms with Gasteiger partial charge in [0.15, 0.2) is 11.0 Å². The molecule has 5 heteroatoms. The van der Waals surface area contributed by atoms with E-state index in [-0.39, 0.29) is 5.82 Å². The Bertz CT molecular complexity index is 673. The zero-order valence-electron chi connectivity index (χ0n) is 9.91. The summed E-state index contributed by atoms with van der Waals surface area (Å²) in [6.45, 7) is 0. The number of hydrogen-bond donors (Lipinski definition) is 1. The van der Waals surface area contributed by atoms with Gasteiger partial charge in [-0.05, 0) is 36.0 Å². The van der Waals surface area contributed by atoms with E-state index in [0.717, 1.165) is 16.2 Å². The van der Waals surface area contributed by atoms with Crippen molar-refractivity contribution >= 4 is 34.4 Å². The van der Waals surface area contributed by atoms with Crippen molar-refractivity contribution in [1.82, 2.24) is 4.98 Å². The van der Waals surface area contributed by atoms with Gasteiger partial charge in [0.25, 0.3) is 0 Å². The number of benzene rings is 2. The molecule has 0 aliphatic rings. The van der Waals surface area contributed by atoms with E-state index in [2.05, 4.69) is 9.97 Å². The van der Waals surface area contributed by atoms with Gasteiger partial charge in [0.2, 0.25) is 0 Å². The number of H-pyrrole nitrogens is 2. The standard InChI is InChI=1S/C14H10ClFN2S/c15-10-4-3-5-11(16)9(10)8-19-14-17-12-6-1-2-7-13(12)18-14/h1-7H,8H2,(H,17,18)/p+1. The first-order valence-corrected chi connectivity index (χ1v) is 7.16. The first-order chi connectivity index (χ1) is 9.24. The van der Waals surface area contributed by atoms with E-state index in [1.165, 1.54) is 17.8 Å². The Balaban J connectivity index is 1.82. The van der Waals surface area contributed by atoms with Crippen LogP contribution in [0.3, 0.4) is 0 Å². The normalized spacial score (nSPS) is 11.1. The molecule has 96 valence electrons. The van der Waals surface area contributed by atoms with Gasteiger partial charge in [-0.2, -0.15) is 0 Å². The Morgan fingerprint density at radius 2 is 2.00 bits per heavy atom. The molecule has 0 aliphatic heterocycles. The molecule has 2 nitrogen and oxygen atoms in total. The van der Waals surface area contributed by atoms with Crippen LogP contribution in [0.2, 0.25) is 5.02 Å². The summed E-state index contributed by atoms with van der Waals surface area (Å²) in [7, 11) is 0. The van der Waals surface area contributed by atoms with Crippen LogP contribution in [0.5, 0.6) is 0 Å². The van der Waals surface area contributed by atoms with Gasteiger partial charge in [-0.15, -0.1) is 0 Å². The molecule has 0 bridgehead atoms. The maximum atomic E-state index is 13.6. The molecule has 1 aromatic heterocycles. The van der Waals surface area contributed by atoms with Gasteiger partial charge in [-0.25, -0.2) is 14.4 Å². The monoisotopic (exact) mass is 293 g/mol. The number of para-hydroxylation sites is 2. The fourth-order valence-corrected chi connectivity index (χ4v) is 3.12. The van der Waals surface area contributed by atoms with Crippen molar-refractivity contribution in [3.8, 4) is 0 Å². The highest BCUT2D eigenvalue weighted by molar-refractivity contribution is 7.98. The minimum absolute atomic E-state index is 0.267. The first-order valence-electron chi connectivity index (χ1n) is 5.80. The van der Waals surface area contributed by atoms with Crippen LogP contribution >= 0.6 is 23.4 Å². The van der Waals surface area contributed by atoms with Crippen LogP contribution in [0, 0.1) is 5.82 Å². The number of imidazole rings is 1. The topological polar surface area (TPSA) is 29.9 Å². The Morgan fingerprint density at radius 1 is 1.16 bits per heavy atom. The second-order valence-corrected chi connectivity index (χ2v) is 5.51. The van der Waals surface area contributed by atoms with Crippen LogP contribution in [0.1, 0.15) is 5.56 Å². The van der Waals surface area contributed by atoms with Crippen LogP contribution in [-0.2, 0) is 5.75 Å². The van der Waals surface area contributed by atoms with Gasteiger partial charge in [0.05, 0.1) is 0 Å². The third-order valence-corrected chi connectivity index (χ3v) is 4.13. The zero-order chi connectivity index (χ0) is 13.2. The molecule has 0 saturated heterocycles. The molecule has 0 amide bonds. The molecule has 3 rings (SSSR count). The van der Waals surface area contributed by atoms with Gasteiger partial charge in [-0.1, -0.05) is 29.8 Å². The fraction of sp³-hybridized carbons (Fsp3) is 0.0714. The minimum atomic E-state index is -0.267. The molecule has 0 unspecified atom stereocenters. The molecule has 0 fully saturated rings. The summed E-state index contributed by atoms with van der Waals surface area (Å²) >= 11 is 7.49. The van der Waals surface area contributed by atoms with E-state index in [9.17, 15) is 4.39 Å². The molecule has 1 heterocycles. The second-order valence-electron chi connectivity index (χ2n) is 4.11. The Labute approximate surface area is 119 Å². The van der Waals surface area contributed by atoms with E-state index < -0.39 is 0 Å². The van der Waals surface area contributed by atoms with Crippen LogP contribution < -0.4 is 4.98 Å². The number of rotatable bonds is 3. The van der Waals surface area contributed by atoms with Crippen LogP contribution in [0.15, 0.2) is 47.6 Å². The number of halogens is 2. The van der Waals surface area contributed by atoms with E-state index in [0.29, 0.717) is 16.3 Å². The fourth-order valence-electron chi connectivity index (χ4n) is 1.86. The van der Waals surface area contributed by atoms with E-state index >= 15 is 0 Å². The summed E-state index contributed by atoms with van der Waals surface area (Å²) < 4.78 is 13.6. The average molecular weight is 294 g/mol. The van der Waals surface area contributed by atoms with Crippen LogP contribution in [-0.4, -0.2) is 4.98 Å². The van der Waals surface area contributed by atoms with Crippen molar-refractivity contribution in [2.75, 3.05) is 0 Å². The SMILES string of the molecule is Fc1cccc(Cl)c1CSc1[nH]c2ccccc2[nH+]1. The predicted molar refractivity (Wildman–Crippen MR) is 75.8 cm³/mol. The lowest BCUT2D eigenvalue weighted by Gasteiger charge is -2.02. The Hall–Kier alpha value is -1.52. The third-order valence-electron chi connectivity index (χ3n) is 2.85. The highest BCUT2D eigenvalue weighted by Gasteiger charge is 2.13. The molecule has 3 aromatic rings. The summed E-state index contributed by atoms with van der Waals surface area (Å²) in [5.41, 5.74) is 2.59. The van der Waals surface area contributed by atoms with Crippen molar-refractivity contribution in [2.24, 2.45) is 0 Å². The summed E-state index contributed by atoms with van der Waals surface area (Å²) in [5.74, 6) is 0.213. The van der Waals surface area contributed by atoms with Crippen LogP contribution in [0.25, 0.3) is 11.0 Å². The van der Waals surface area contributed by atoms with Gasteiger partial charge < -0.3 is 0 Å². The minimum Gasteiger partial charge on any atom is -0.231 e. The molecule has 0 atom stereocenters. The lowest BCUT2D eigenvalue weighted by molar-refractivity contribution is -0.396. The summed E-state index contributed by atoms with van der Waals surface area (Å²) in [5, 5.41) is 1.35. The van der Waals surface area contributed by atoms with Crippen molar-refractivity contribution in [1.29, 1.82) is 0 Å². The number of hydrogen-bond acceptors (Lipinski definition) is 1. The lowest BCUT2D eigenvalue weighted by Crippen LogP contribution is -2.01. The van der Waals surface area contributed by atoms with Crippen molar-refractivity contribution in [3.05, 3.63) is 58.9 Å². The van der Waals surface area contributed by atoms with Crippen molar-refractivity contribution < 1.29 is 9.37 Å². The van der Waals surface area contributed by atoms with Crippen molar-refractivity contribution in [2.45, 2.75) is 10.9 Å². The van der Waals surface area contributed by atoms with E-state index in [4.69, 9.17) is 11.6 Å². The molecule has 0 saturated carbocycles. The second kappa shape index (κ2) is 5.23. The highest BCUT2D eigenvalue weighted by Crippen LogP contribution is 2.26. The summed E-state index contributed by atoms with van der Waals surface area (Å²) in [6.07, 6.45) is 0. The van der Waals surface area contributed by atoms with Crippen LogP contribution in [0.4, 0.5) is 4.39 Å². The molecule has 0 radical (unpaired) electrons. The highest BCUT2D eigenvalue weighted by atomic mass is 35.5. The van der Waals surface area contributed by atoms with E-state index in [1.54, 1.807) is 12.1 Å². The summed E-state index contributed by atoms with van der Waals surface area (Å²) in [6, 6.07) is 12.7. The number of thioether (sulfide) groups is 1. The first kappa shape index (κ1) is 12.5. The van der Waals surface area contributed by atoms with E-state index in [1.807, 2.05) is 24.3 Å². The smallest absolute Gasteiger partial charge is 0.231 e. The summed E-state index contributed by atoms with van der Waals surface area (Å²) in [4.78, 5) is 6.49. The predicted octanol–water partition coefficient (Wildman–Crippen LogP) is 4.07. The maximum absolute atomic E-state index is 13.6. The number of aromatic amines is 2. The molecule has 2 N–H and O–H groups in total. The van der Waals surface area contributed by atoms with Gasteiger partial charge in [0, 0.05) is 16.3 Å². The van der Waals surface area contributed by atoms with Gasteiger partial charge in [-0.3, -0.25) is 0 Å². The largest absolute Gasteiger partial charge is 0.314 e. The molecular weight excluding hydrogens is 283 g/mol. The quantitative estimate of drug-likeness (QED) is 0.725. The molecular formula is C14H11ClFN2S+. The Kier molecular flexibility index (Phi) is 3.44. The maximum Gasteiger partial charge on any atom is 0.314 e. The lowest BCUT2D eigenvalue weighted by atomic mass is 10.2. The molecule has 0 aliphatic carbocycles. The number of aromatic nitrogens is 2. The molecule has 0 spiro atoms. The molecule has 2 aromatic carbocycles. The third kappa shape index (κ3) is 2.60. The van der Waals surface area contributed by atoms with Gasteiger partial charge in [0.1, 0.15) is 5.82 Å². The van der Waals surface area contributed by atoms with Crippen molar-refractivity contribution in [3.63, 3.8) is 0 Å². The number of nitrogens with one attached hydrogen (secondary N) is 2. The zero-order valence-corrected chi connectivity index (χ0v) is 11.5. The Morgan fingerprint density at radius 3 is 2.79 bits per heavy atom. The number of fused-ring (bicyclic) bond motifs is 1. The average Bonchev–Trinajstić information content (AvgIpc) is 2.81. The molecule has 19 heavy (non-hydrogen) atoms.